The number of urea groups is 1. The molecule has 5 nitrogen and oxygen atoms in total. The lowest BCUT2D eigenvalue weighted by Crippen LogP contribution is -2.45. The van der Waals surface area contributed by atoms with Crippen LogP contribution in [0.15, 0.2) is 70.8 Å². The molecule has 2 aromatic carbocycles. The summed E-state index contributed by atoms with van der Waals surface area (Å²) in [5.41, 5.74) is 1.47. The lowest BCUT2D eigenvalue weighted by Gasteiger charge is -2.28. The monoisotopic (exact) mass is 402 g/mol. The number of hydrogen-bond acceptors (Lipinski definition) is 4. The zero-order chi connectivity index (χ0) is 19.2. The summed E-state index contributed by atoms with van der Waals surface area (Å²) >= 11 is 7.88. The molecule has 0 aliphatic carbocycles. The fourth-order valence-electron chi connectivity index (χ4n) is 2.80. The molecular formula is C20H19ClN2O3S. The molecule has 1 atom stereocenters. The number of thioether (sulfide) groups is 1. The van der Waals surface area contributed by atoms with Gasteiger partial charge in [-0.05, 0) is 30.7 Å². The lowest BCUT2D eigenvalue weighted by molar-refractivity contribution is -0.138. The molecule has 140 valence electrons. The second-order valence-corrected chi connectivity index (χ2v) is 7.46. The van der Waals surface area contributed by atoms with E-state index in [1.807, 2.05) is 36.4 Å². The molecule has 0 saturated carbocycles. The summed E-state index contributed by atoms with van der Waals surface area (Å²) < 4.78 is 5.45. The topological polar surface area (TPSA) is 67.4 Å². The quantitative estimate of drug-likeness (QED) is 0.429. The van der Waals surface area contributed by atoms with Crippen molar-refractivity contribution in [2.24, 2.45) is 0 Å². The molecule has 2 amide bonds. The van der Waals surface area contributed by atoms with Crippen LogP contribution in [0.5, 0.6) is 0 Å². The van der Waals surface area contributed by atoms with Crippen LogP contribution in [0.2, 0.25) is 5.02 Å². The zero-order valence-corrected chi connectivity index (χ0v) is 16.3. The van der Waals surface area contributed by atoms with Crippen LogP contribution in [0.3, 0.4) is 0 Å². The van der Waals surface area contributed by atoms with Crippen LogP contribution >= 0.6 is 23.4 Å². The Morgan fingerprint density at radius 2 is 1.85 bits per heavy atom. The van der Waals surface area contributed by atoms with E-state index in [9.17, 15) is 9.59 Å². The first kappa shape index (κ1) is 19.3. The predicted octanol–water partition coefficient (Wildman–Crippen LogP) is 4.30. The van der Waals surface area contributed by atoms with Crippen LogP contribution in [-0.2, 0) is 9.53 Å². The third kappa shape index (κ3) is 4.84. The summed E-state index contributed by atoms with van der Waals surface area (Å²) in [6.07, 6.45) is 0. The molecule has 27 heavy (non-hydrogen) atoms. The van der Waals surface area contributed by atoms with Crippen molar-refractivity contribution in [3.63, 3.8) is 0 Å². The molecule has 1 heterocycles. The number of amides is 2. The van der Waals surface area contributed by atoms with Gasteiger partial charge in [0, 0.05) is 21.4 Å². The van der Waals surface area contributed by atoms with Crippen LogP contribution in [0.25, 0.3) is 0 Å². The van der Waals surface area contributed by atoms with Crippen molar-refractivity contribution >= 4 is 35.4 Å². The normalized spacial score (nSPS) is 16.5. The van der Waals surface area contributed by atoms with Crippen molar-refractivity contribution in [2.75, 3.05) is 12.4 Å². The minimum absolute atomic E-state index is 0.262. The van der Waals surface area contributed by atoms with E-state index in [1.54, 1.807) is 36.9 Å². The minimum Gasteiger partial charge on any atom is -0.461 e. The van der Waals surface area contributed by atoms with E-state index >= 15 is 0 Å². The highest BCUT2D eigenvalue weighted by molar-refractivity contribution is 7.99. The Kier molecular flexibility index (Phi) is 6.42. The van der Waals surface area contributed by atoms with Gasteiger partial charge in [0.15, 0.2) is 0 Å². The van der Waals surface area contributed by atoms with Gasteiger partial charge in [-0.25, -0.2) is 9.59 Å². The van der Waals surface area contributed by atoms with E-state index in [1.165, 1.54) is 0 Å². The van der Waals surface area contributed by atoms with Crippen molar-refractivity contribution in [3.05, 3.63) is 76.5 Å². The summed E-state index contributed by atoms with van der Waals surface area (Å²) in [4.78, 5) is 25.7. The summed E-state index contributed by atoms with van der Waals surface area (Å²) in [6.45, 7) is 1.94. The highest BCUT2D eigenvalue weighted by atomic mass is 35.5. The third-order valence-corrected chi connectivity index (χ3v) is 5.35. The molecule has 1 aliphatic heterocycles. The molecule has 0 saturated heterocycles. The Morgan fingerprint density at radius 3 is 2.59 bits per heavy atom. The number of rotatable bonds is 6. The number of esters is 1. The van der Waals surface area contributed by atoms with Crippen LogP contribution in [0.4, 0.5) is 4.79 Å². The van der Waals surface area contributed by atoms with Gasteiger partial charge in [0.25, 0.3) is 0 Å². The van der Waals surface area contributed by atoms with Gasteiger partial charge < -0.3 is 15.4 Å². The summed E-state index contributed by atoms with van der Waals surface area (Å²) in [5.74, 6) is 0.164. The number of benzene rings is 2. The van der Waals surface area contributed by atoms with Crippen molar-refractivity contribution in [2.45, 2.75) is 17.9 Å². The number of carbonyl (C=O) groups is 2. The van der Waals surface area contributed by atoms with Gasteiger partial charge in [-0.1, -0.05) is 48.0 Å². The Morgan fingerprint density at radius 1 is 1.15 bits per heavy atom. The number of halogens is 1. The molecule has 0 bridgehead atoms. The van der Waals surface area contributed by atoms with Crippen molar-refractivity contribution < 1.29 is 14.3 Å². The van der Waals surface area contributed by atoms with Gasteiger partial charge >= 0.3 is 12.0 Å². The molecule has 0 radical (unpaired) electrons. The van der Waals surface area contributed by atoms with Crippen LogP contribution in [-0.4, -0.2) is 24.4 Å². The van der Waals surface area contributed by atoms with E-state index in [0.717, 1.165) is 4.90 Å². The number of nitrogens with one attached hydrogen (secondary N) is 2. The standard InChI is InChI=1S/C20H19ClN2O3S/c1-13-17(19(24)26-11-12-27-14-7-3-2-4-8-14)18(23-20(25)22-13)15-9-5-6-10-16(15)21/h2-10,18H,11-12H2,1H3,(H2,22,23,25)/t18-/m0/s1. The van der Waals surface area contributed by atoms with E-state index in [-0.39, 0.29) is 12.6 Å². The van der Waals surface area contributed by atoms with Gasteiger partial charge in [0.1, 0.15) is 6.61 Å². The number of ether oxygens (including phenoxy) is 1. The summed E-state index contributed by atoms with van der Waals surface area (Å²) in [7, 11) is 0. The first-order valence-electron chi connectivity index (χ1n) is 8.44. The smallest absolute Gasteiger partial charge is 0.338 e. The highest BCUT2D eigenvalue weighted by Crippen LogP contribution is 2.32. The molecular weight excluding hydrogens is 384 g/mol. The molecule has 2 aromatic rings. The van der Waals surface area contributed by atoms with E-state index in [2.05, 4.69) is 10.6 Å². The maximum atomic E-state index is 12.7. The average molecular weight is 403 g/mol. The highest BCUT2D eigenvalue weighted by Gasteiger charge is 2.33. The number of carbonyl (C=O) groups excluding carboxylic acids is 2. The SMILES string of the molecule is CC1=C(C(=O)OCCSc2ccccc2)[C@H](c2ccccc2Cl)NC(=O)N1. The van der Waals surface area contributed by atoms with Gasteiger partial charge in [-0.15, -0.1) is 11.8 Å². The van der Waals surface area contributed by atoms with Gasteiger partial charge in [0.2, 0.25) is 0 Å². The molecule has 0 unspecified atom stereocenters. The second-order valence-electron chi connectivity index (χ2n) is 5.89. The number of hydrogen-bond donors (Lipinski definition) is 2. The maximum Gasteiger partial charge on any atom is 0.338 e. The van der Waals surface area contributed by atoms with E-state index < -0.39 is 12.0 Å². The van der Waals surface area contributed by atoms with Gasteiger partial charge in [0.05, 0.1) is 11.6 Å². The first-order chi connectivity index (χ1) is 13.1. The van der Waals surface area contributed by atoms with Gasteiger partial charge in [-0.3, -0.25) is 0 Å². The zero-order valence-electron chi connectivity index (χ0n) is 14.7. The molecule has 2 N–H and O–H groups in total. The number of allylic oxidation sites excluding steroid dienone is 1. The molecule has 3 rings (SSSR count). The summed E-state index contributed by atoms with van der Waals surface area (Å²) in [5, 5.41) is 5.85. The Balaban J connectivity index is 1.69. The van der Waals surface area contributed by atoms with Crippen LogP contribution in [0, 0.1) is 0 Å². The molecule has 0 spiro atoms. The van der Waals surface area contributed by atoms with Crippen molar-refractivity contribution in [3.8, 4) is 0 Å². The molecule has 7 heteroatoms. The lowest BCUT2D eigenvalue weighted by atomic mass is 9.95. The van der Waals surface area contributed by atoms with Crippen LogP contribution < -0.4 is 10.6 Å². The molecule has 0 aromatic heterocycles. The second kappa shape index (κ2) is 8.97. The fourth-order valence-corrected chi connectivity index (χ4v) is 3.79. The van der Waals surface area contributed by atoms with E-state index in [0.29, 0.717) is 27.6 Å². The predicted molar refractivity (Wildman–Crippen MR) is 107 cm³/mol. The Labute approximate surface area is 167 Å². The Bertz CT molecular complexity index is 871. The maximum absolute atomic E-state index is 12.7. The average Bonchev–Trinajstić information content (AvgIpc) is 2.65. The fraction of sp³-hybridized carbons (Fsp3) is 0.200. The third-order valence-electron chi connectivity index (χ3n) is 4.03. The molecule has 0 fully saturated rings. The minimum atomic E-state index is -0.651. The Hall–Kier alpha value is -2.44. The molecule has 1 aliphatic rings. The van der Waals surface area contributed by atoms with Crippen LogP contribution in [0.1, 0.15) is 18.5 Å². The summed E-state index contributed by atoms with van der Waals surface area (Å²) in [6, 6.07) is 16.0. The van der Waals surface area contributed by atoms with E-state index in [4.69, 9.17) is 16.3 Å². The largest absolute Gasteiger partial charge is 0.461 e. The first-order valence-corrected chi connectivity index (χ1v) is 9.80. The van der Waals surface area contributed by atoms with Crippen molar-refractivity contribution in [1.29, 1.82) is 0 Å². The van der Waals surface area contributed by atoms with Crippen molar-refractivity contribution in [1.82, 2.24) is 10.6 Å². The van der Waals surface area contributed by atoms with Gasteiger partial charge in [-0.2, -0.15) is 0 Å².